The topological polar surface area (TPSA) is 60.3 Å². The average molecular weight is 531 g/mol. The first kappa shape index (κ1) is 27.5. The maximum absolute atomic E-state index is 13.2. The van der Waals surface area contributed by atoms with E-state index in [1.807, 2.05) is 43.3 Å². The van der Waals surface area contributed by atoms with Gasteiger partial charge in [0.15, 0.2) is 12.4 Å². The van der Waals surface area contributed by atoms with Crippen LogP contribution in [-0.2, 0) is 11.3 Å². The normalized spacial score (nSPS) is 12.9. The molecule has 0 radical (unpaired) electrons. The van der Waals surface area contributed by atoms with E-state index in [-0.39, 0.29) is 11.9 Å². The Kier molecular flexibility index (Phi) is 8.27. The summed E-state index contributed by atoms with van der Waals surface area (Å²) in [6.07, 6.45) is 0.165. The number of halogens is 1. The van der Waals surface area contributed by atoms with Crippen LogP contribution in [0.1, 0.15) is 78.0 Å². The van der Waals surface area contributed by atoms with Crippen LogP contribution in [0.25, 0.3) is 10.9 Å². The Hall–Kier alpha value is -3.57. The van der Waals surface area contributed by atoms with Crippen molar-refractivity contribution in [2.45, 2.75) is 66.2 Å². The average Bonchev–Trinajstić information content (AvgIpc) is 3.14. The van der Waals surface area contributed by atoms with E-state index >= 15 is 0 Å². The van der Waals surface area contributed by atoms with Crippen molar-refractivity contribution < 1.29 is 14.3 Å². The Balaban J connectivity index is 1.58. The number of carbonyl (C=O) groups excluding carboxylic acids is 2. The lowest BCUT2D eigenvalue weighted by atomic mass is 9.98. The second-order valence-electron chi connectivity index (χ2n) is 10.3. The van der Waals surface area contributed by atoms with E-state index < -0.39 is 6.10 Å². The molecule has 0 bridgehead atoms. The van der Waals surface area contributed by atoms with Crippen LogP contribution in [0.15, 0.2) is 60.7 Å². The molecule has 0 aliphatic heterocycles. The number of hydrogen-bond acceptors (Lipinski definition) is 3. The predicted molar refractivity (Wildman–Crippen MR) is 155 cm³/mol. The molecule has 0 saturated carbocycles. The van der Waals surface area contributed by atoms with Gasteiger partial charge in [-0.1, -0.05) is 55.8 Å². The van der Waals surface area contributed by atoms with Crippen LogP contribution in [0.4, 0.5) is 0 Å². The monoisotopic (exact) mass is 530 g/mol. The summed E-state index contributed by atoms with van der Waals surface area (Å²) >= 11 is 6.29. The first-order chi connectivity index (χ1) is 18.1. The quantitative estimate of drug-likeness (QED) is 0.227. The Labute approximate surface area is 229 Å². The molecule has 3 aromatic carbocycles. The summed E-state index contributed by atoms with van der Waals surface area (Å²) in [5, 5.41) is 4.67. The highest BCUT2D eigenvalue weighted by molar-refractivity contribution is 6.32. The van der Waals surface area contributed by atoms with Gasteiger partial charge in [0, 0.05) is 28.7 Å². The number of hydrogen-bond donors (Lipinski definition) is 1. The molecular weight excluding hydrogens is 496 g/mol. The summed E-state index contributed by atoms with van der Waals surface area (Å²) in [6, 6.07) is 19.8. The molecule has 0 spiro atoms. The Morgan fingerprint density at radius 2 is 1.74 bits per heavy atom. The van der Waals surface area contributed by atoms with Crippen molar-refractivity contribution in [2.75, 3.05) is 0 Å². The van der Waals surface area contributed by atoms with Crippen LogP contribution in [0, 0.1) is 13.8 Å². The van der Waals surface area contributed by atoms with Crippen molar-refractivity contribution in [2.24, 2.45) is 0 Å². The van der Waals surface area contributed by atoms with Gasteiger partial charge in [-0.3, -0.25) is 9.59 Å². The molecule has 4 aromatic rings. The molecule has 1 N–H and O–H groups in total. The maximum atomic E-state index is 13.2. The molecule has 5 nitrogen and oxygen atoms in total. The zero-order valence-electron chi connectivity index (χ0n) is 22.8. The summed E-state index contributed by atoms with van der Waals surface area (Å²) in [7, 11) is 0. The Morgan fingerprint density at radius 3 is 2.45 bits per heavy atom. The van der Waals surface area contributed by atoms with Gasteiger partial charge in [0.2, 0.25) is 0 Å². The third-order valence-corrected chi connectivity index (χ3v) is 7.48. The fraction of sp³-hybridized carbons (Fsp3) is 0.312. The minimum atomic E-state index is -0.578. The van der Waals surface area contributed by atoms with Crippen LogP contribution in [0.2, 0.25) is 5.02 Å². The first-order valence-electron chi connectivity index (χ1n) is 13.0. The standard InChI is InChI=1S/C32H35ClN2O3/c1-19(2)25-8-7-9-26(15-25)22(5)34-32(37)27-11-13-30-28(16-27)21(4)23(6)35(30)17-24-10-12-29(33)31(14-24)38-20(3)18-36/h7-16,18-20,22H,17H2,1-6H3,(H,34,37)/t20-,22-/m0/s1. The SMILES string of the molecule is Cc1c(C)n(Cc2ccc(Cl)c(O[C@@H](C)C=O)c2)c2ccc(C(=O)N[C@@H](C)c3cccc(C(C)C)c3)cc12. The minimum absolute atomic E-state index is 0.0945. The van der Waals surface area contributed by atoms with E-state index in [4.69, 9.17) is 16.3 Å². The highest BCUT2D eigenvalue weighted by Crippen LogP contribution is 2.30. The highest BCUT2D eigenvalue weighted by Gasteiger charge is 2.17. The van der Waals surface area contributed by atoms with Gasteiger partial charge in [-0.25, -0.2) is 0 Å². The van der Waals surface area contributed by atoms with Crippen LogP contribution >= 0.6 is 11.6 Å². The van der Waals surface area contributed by atoms with E-state index in [2.05, 4.69) is 55.8 Å². The highest BCUT2D eigenvalue weighted by atomic mass is 35.5. The van der Waals surface area contributed by atoms with Crippen molar-refractivity contribution >= 4 is 34.7 Å². The zero-order chi connectivity index (χ0) is 27.6. The molecule has 4 rings (SSSR count). The summed E-state index contributed by atoms with van der Waals surface area (Å²) in [5.41, 5.74) is 7.29. The predicted octanol–water partition coefficient (Wildman–Crippen LogP) is 7.54. The van der Waals surface area contributed by atoms with Gasteiger partial charge in [-0.05, 0) is 86.2 Å². The second-order valence-corrected chi connectivity index (χ2v) is 10.7. The summed E-state index contributed by atoms with van der Waals surface area (Å²) < 4.78 is 7.89. The van der Waals surface area contributed by atoms with Gasteiger partial charge in [0.25, 0.3) is 5.91 Å². The second kappa shape index (κ2) is 11.4. The van der Waals surface area contributed by atoms with E-state index in [9.17, 15) is 9.59 Å². The number of benzene rings is 3. The molecule has 1 aromatic heterocycles. The van der Waals surface area contributed by atoms with Crippen molar-refractivity contribution in [3.05, 3.63) is 99.2 Å². The van der Waals surface area contributed by atoms with Gasteiger partial charge < -0.3 is 14.6 Å². The number of carbonyl (C=O) groups is 2. The summed E-state index contributed by atoms with van der Waals surface area (Å²) in [5.74, 6) is 0.826. The Morgan fingerprint density at radius 1 is 1.00 bits per heavy atom. The third-order valence-electron chi connectivity index (χ3n) is 7.17. The number of rotatable bonds is 9. The van der Waals surface area contributed by atoms with Gasteiger partial charge in [-0.15, -0.1) is 0 Å². The molecule has 0 aliphatic rings. The van der Waals surface area contributed by atoms with Crippen LogP contribution in [-0.4, -0.2) is 22.9 Å². The third kappa shape index (κ3) is 5.78. The Bertz CT molecular complexity index is 1490. The van der Waals surface area contributed by atoms with Crippen LogP contribution in [0.5, 0.6) is 5.75 Å². The van der Waals surface area contributed by atoms with Crippen molar-refractivity contribution in [1.29, 1.82) is 0 Å². The number of nitrogens with zero attached hydrogens (tertiary/aromatic N) is 1. The van der Waals surface area contributed by atoms with E-state index in [0.29, 0.717) is 28.8 Å². The molecule has 2 atom stereocenters. The van der Waals surface area contributed by atoms with Crippen LogP contribution in [0.3, 0.4) is 0 Å². The van der Waals surface area contributed by atoms with Crippen LogP contribution < -0.4 is 10.1 Å². The molecule has 6 heteroatoms. The van der Waals surface area contributed by atoms with Crippen molar-refractivity contribution in [3.8, 4) is 5.75 Å². The molecular formula is C32H35ClN2O3. The lowest BCUT2D eigenvalue weighted by Crippen LogP contribution is -2.26. The van der Waals surface area contributed by atoms with Crippen molar-refractivity contribution in [3.63, 3.8) is 0 Å². The maximum Gasteiger partial charge on any atom is 0.251 e. The molecule has 1 amide bonds. The fourth-order valence-electron chi connectivity index (χ4n) is 4.69. The lowest BCUT2D eigenvalue weighted by Gasteiger charge is -2.17. The van der Waals surface area contributed by atoms with Gasteiger partial charge in [-0.2, -0.15) is 0 Å². The number of ether oxygens (including phenoxy) is 1. The van der Waals surface area contributed by atoms with E-state index in [0.717, 1.165) is 39.6 Å². The van der Waals surface area contributed by atoms with Gasteiger partial charge in [0.1, 0.15) is 5.75 Å². The fourth-order valence-corrected chi connectivity index (χ4v) is 4.85. The molecule has 0 unspecified atom stereocenters. The molecule has 198 valence electrons. The number of aryl methyl sites for hydroxylation is 1. The summed E-state index contributed by atoms with van der Waals surface area (Å²) in [4.78, 5) is 24.2. The van der Waals surface area contributed by atoms with Gasteiger partial charge in [0.05, 0.1) is 11.1 Å². The smallest absolute Gasteiger partial charge is 0.251 e. The number of amides is 1. The minimum Gasteiger partial charge on any atom is -0.482 e. The lowest BCUT2D eigenvalue weighted by molar-refractivity contribution is -0.113. The largest absolute Gasteiger partial charge is 0.482 e. The van der Waals surface area contributed by atoms with E-state index in [1.54, 1.807) is 13.0 Å². The van der Waals surface area contributed by atoms with E-state index in [1.165, 1.54) is 5.56 Å². The number of fused-ring (bicyclic) bond motifs is 1. The molecule has 0 fully saturated rings. The summed E-state index contributed by atoms with van der Waals surface area (Å²) in [6.45, 7) is 12.8. The number of nitrogens with one attached hydrogen (secondary N) is 1. The molecule has 0 aliphatic carbocycles. The zero-order valence-corrected chi connectivity index (χ0v) is 23.6. The molecule has 0 saturated heterocycles. The molecule has 1 heterocycles. The number of aldehydes is 1. The molecule has 38 heavy (non-hydrogen) atoms. The van der Waals surface area contributed by atoms with Crippen molar-refractivity contribution in [1.82, 2.24) is 9.88 Å². The number of aromatic nitrogens is 1. The van der Waals surface area contributed by atoms with Gasteiger partial charge >= 0.3 is 0 Å². The first-order valence-corrected chi connectivity index (χ1v) is 13.4.